The lowest BCUT2D eigenvalue weighted by atomic mass is 10.1. The summed E-state index contributed by atoms with van der Waals surface area (Å²) in [5, 5.41) is 0. The number of nitrogens with zero attached hydrogens (tertiary/aromatic N) is 1. The third kappa shape index (κ3) is 1.53. The van der Waals surface area contributed by atoms with Gasteiger partial charge in [0.2, 0.25) is 5.91 Å². The lowest BCUT2D eigenvalue weighted by Crippen LogP contribution is -2.39. The third-order valence-electron chi connectivity index (χ3n) is 2.64. The van der Waals surface area contributed by atoms with E-state index in [-0.39, 0.29) is 12.5 Å². The summed E-state index contributed by atoms with van der Waals surface area (Å²) in [6.07, 6.45) is 1.12. The summed E-state index contributed by atoms with van der Waals surface area (Å²) in [4.78, 5) is 13.1. The fourth-order valence-corrected chi connectivity index (χ4v) is 1.56. The number of carbonyl (C=O) groups is 1. The Balaban J connectivity index is 2.54. The van der Waals surface area contributed by atoms with E-state index >= 15 is 0 Å². The molecule has 64 valence electrons. The van der Waals surface area contributed by atoms with E-state index in [1.54, 1.807) is 0 Å². The van der Waals surface area contributed by atoms with Crippen molar-refractivity contribution in [2.75, 3.05) is 13.1 Å². The predicted molar refractivity (Wildman–Crippen MR) is 44.0 cm³/mol. The Bertz CT molecular complexity index is 158. The molecule has 0 bridgehead atoms. The van der Waals surface area contributed by atoms with Crippen LogP contribution in [0, 0.1) is 5.92 Å². The molecular formula is C8H16N2O. The predicted octanol–water partition coefficient (Wildman–Crippen LogP) is 0.202. The average Bonchev–Trinajstić information content (AvgIpc) is 2.32. The molecule has 2 atom stereocenters. The molecule has 0 aromatic rings. The topological polar surface area (TPSA) is 46.3 Å². The Hall–Kier alpha value is -0.570. The minimum atomic E-state index is 0.0850. The molecule has 2 unspecified atom stereocenters. The molecule has 0 spiro atoms. The number of likely N-dealkylation sites (tertiary alicyclic amines) is 1. The second kappa shape index (κ2) is 3.22. The fourth-order valence-electron chi connectivity index (χ4n) is 1.56. The second-order valence-corrected chi connectivity index (χ2v) is 3.30. The summed E-state index contributed by atoms with van der Waals surface area (Å²) in [7, 11) is 0. The Morgan fingerprint density at radius 1 is 1.64 bits per heavy atom. The minimum absolute atomic E-state index is 0.0850. The van der Waals surface area contributed by atoms with Crippen LogP contribution in [0.25, 0.3) is 0 Å². The molecule has 1 aliphatic heterocycles. The molecule has 0 aromatic carbocycles. The smallest absolute Gasteiger partial charge is 0.236 e. The zero-order chi connectivity index (χ0) is 8.43. The molecule has 3 heteroatoms. The molecule has 0 aromatic heterocycles. The average molecular weight is 156 g/mol. The first-order valence-electron chi connectivity index (χ1n) is 4.16. The maximum absolute atomic E-state index is 11.2. The standard InChI is InChI=1S/C8H16N2O/c1-6-3-4-10(7(6)2)8(11)5-9/h6-7H,3-5,9H2,1-2H3. The van der Waals surface area contributed by atoms with Crippen LogP contribution in [-0.4, -0.2) is 29.9 Å². The van der Waals surface area contributed by atoms with Crippen molar-refractivity contribution in [1.29, 1.82) is 0 Å². The maximum Gasteiger partial charge on any atom is 0.236 e. The van der Waals surface area contributed by atoms with Crippen LogP contribution in [0.4, 0.5) is 0 Å². The largest absolute Gasteiger partial charge is 0.339 e. The number of carbonyl (C=O) groups excluding carboxylic acids is 1. The van der Waals surface area contributed by atoms with E-state index in [0.29, 0.717) is 12.0 Å². The number of rotatable bonds is 1. The number of nitrogens with two attached hydrogens (primary N) is 1. The quantitative estimate of drug-likeness (QED) is 0.589. The summed E-state index contributed by atoms with van der Waals surface area (Å²) < 4.78 is 0. The lowest BCUT2D eigenvalue weighted by Gasteiger charge is -2.22. The van der Waals surface area contributed by atoms with Crippen molar-refractivity contribution in [1.82, 2.24) is 4.90 Å². The van der Waals surface area contributed by atoms with E-state index in [1.165, 1.54) is 0 Å². The van der Waals surface area contributed by atoms with Crippen LogP contribution in [0.1, 0.15) is 20.3 Å². The van der Waals surface area contributed by atoms with Crippen molar-refractivity contribution in [2.24, 2.45) is 11.7 Å². The van der Waals surface area contributed by atoms with Crippen LogP contribution < -0.4 is 5.73 Å². The molecule has 0 aliphatic carbocycles. The zero-order valence-corrected chi connectivity index (χ0v) is 7.21. The monoisotopic (exact) mass is 156 g/mol. The van der Waals surface area contributed by atoms with E-state index in [9.17, 15) is 4.79 Å². The van der Waals surface area contributed by atoms with Gasteiger partial charge >= 0.3 is 0 Å². The van der Waals surface area contributed by atoms with Crippen LogP contribution in [0.2, 0.25) is 0 Å². The highest BCUT2D eigenvalue weighted by Gasteiger charge is 2.29. The highest BCUT2D eigenvalue weighted by molar-refractivity contribution is 5.78. The lowest BCUT2D eigenvalue weighted by molar-refractivity contribution is -0.130. The molecule has 1 aliphatic rings. The number of hydrogen-bond acceptors (Lipinski definition) is 2. The molecule has 1 heterocycles. The highest BCUT2D eigenvalue weighted by Crippen LogP contribution is 2.22. The molecule has 0 radical (unpaired) electrons. The van der Waals surface area contributed by atoms with Gasteiger partial charge in [-0.3, -0.25) is 4.79 Å². The van der Waals surface area contributed by atoms with Gasteiger partial charge in [-0.25, -0.2) is 0 Å². The van der Waals surface area contributed by atoms with Gasteiger partial charge in [0, 0.05) is 12.6 Å². The maximum atomic E-state index is 11.2. The van der Waals surface area contributed by atoms with Gasteiger partial charge in [-0.1, -0.05) is 6.92 Å². The van der Waals surface area contributed by atoms with E-state index in [4.69, 9.17) is 5.73 Å². The van der Waals surface area contributed by atoms with E-state index < -0.39 is 0 Å². The Morgan fingerprint density at radius 3 is 2.64 bits per heavy atom. The molecule has 1 rings (SSSR count). The van der Waals surface area contributed by atoms with E-state index in [0.717, 1.165) is 13.0 Å². The van der Waals surface area contributed by atoms with Crippen molar-refractivity contribution in [3.8, 4) is 0 Å². The van der Waals surface area contributed by atoms with Crippen LogP contribution in [0.3, 0.4) is 0 Å². The van der Waals surface area contributed by atoms with E-state index in [1.807, 2.05) is 4.90 Å². The van der Waals surface area contributed by atoms with Gasteiger partial charge in [-0.2, -0.15) is 0 Å². The normalized spacial score (nSPS) is 31.0. The Morgan fingerprint density at radius 2 is 2.27 bits per heavy atom. The van der Waals surface area contributed by atoms with Gasteiger partial charge < -0.3 is 10.6 Å². The molecule has 1 amide bonds. The summed E-state index contributed by atoms with van der Waals surface area (Å²) in [6, 6.07) is 0.381. The molecule has 3 nitrogen and oxygen atoms in total. The van der Waals surface area contributed by atoms with Gasteiger partial charge in [0.15, 0.2) is 0 Å². The molecule has 0 saturated carbocycles. The van der Waals surface area contributed by atoms with Crippen molar-refractivity contribution in [3.05, 3.63) is 0 Å². The van der Waals surface area contributed by atoms with Gasteiger partial charge in [-0.15, -0.1) is 0 Å². The first-order valence-corrected chi connectivity index (χ1v) is 4.16. The van der Waals surface area contributed by atoms with Crippen molar-refractivity contribution in [3.63, 3.8) is 0 Å². The molecule has 1 saturated heterocycles. The summed E-state index contributed by atoms with van der Waals surface area (Å²) in [5.74, 6) is 0.715. The third-order valence-corrected chi connectivity index (χ3v) is 2.64. The van der Waals surface area contributed by atoms with Crippen molar-refractivity contribution >= 4 is 5.91 Å². The summed E-state index contributed by atoms with van der Waals surface area (Å²) in [5.41, 5.74) is 5.27. The van der Waals surface area contributed by atoms with Gasteiger partial charge in [-0.05, 0) is 19.3 Å². The van der Waals surface area contributed by atoms with Crippen LogP contribution in [0.5, 0.6) is 0 Å². The van der Waals surface area contributed by atoms with Gasteiger partial charge in [0.25, 0.3) is 0 Å². The summed E-state index contributed by atoms with van der Waals surface area (Å²) >= 11 is 0. The number of amides is 1. The molecule has 2 N–H and O–H groups in total. The fraction of sp³-hybridized carbons (Fsp3) is 0.875. The van der Waals surface area contributed by atoms with Gasteiger partial charge in [0.1, 0.15) is 0 Å². The number of hydrogen-bond donors (Lipinski definition) is 1. The van der Waals surface area contributed by atoms with Crippen LogP contribution >= 0.6 is 0 Å². The highest BCUT2D eigenvalue weighted by atomic mass is 16.2. The second-order valence-electron chi connectivity index (χ2n) is 3.30. The first-order chi connectivity index (χ1) is 5.16. The van der Waals surface area contributed by atoms with E-state index in [2.05, 4.69) is 13.8 Å². The van der Waals surface area contributed by atoms with Crippen LogP contribution in [0.15, 0.2) is 0 Å². The van der Waals surface area contributed by atoms with Gasteiger partial charge in [0.05, 0.1) is 6.54 Å². The SMILES string of the molecule is CC1CCN(C(=O)CN)C1C. The Labute approximate surface area is 67.5 Å². The van der Waals surface area contributed by atoms with Crippen LogP contribution in [-0.2, 0) is 4.79 Å². The molecule has 1 fully saturated rings. The minimum Gasteiger partial charge on any atom is -0.339 e. The van der Waals surface area contributed by atoms with Crippen molar-refractivity contribution in [2.45, 2.75) is 26.3 Å². The Kier molecular flexibility index (Phi) is 2.49. The van der Waals surface area contributed by atoms with Crippen molar-refractivity contribution < 1.29 is 4.79 Å². The summed E-state index contributed by atoms with van der Waals surface area (Å²) in [6.45, 7) is 5.30. The molecular weight excluding hydrogens is 140 g/mol. The zero-order valence-electron chi connectivity index (χ0n) is 7.21. The molecule has 11 heavy (non-hydrogen) atoms. The first kappa shape index (κ1) is 8.53.